The molecule has 1 saturated heterocycles. The van der Waals surface area contributed by atoms with Crippen molar-refractivity contribution in [3.63, 3.8) is 0 Å². The lowest BCUT2D eigenvalue weighted by Crippen LogP contribution is -2.65. The molecule has 1 heterocycles. The maximum atomic E-state index is 12.9. The summed E-state index contributed by atoms with van der Waals surface area (Å²) in [5.74, 6) is -0.292. The first-order chi connectivity index (χ1) is 23.4. The summed E-state index contributed by atoms with van der Waals surface area (Å²) < 4.78 is 24.3. The average molecular weight is 653 g/mol. The predicted octanol–water partition coefficient (Wildman–Crippen LogP) is 4.39. The van der Waals surface area contributed by atoms with Crippen LogP contribution < -0.4 is 16.8 Å². The Hall–Kier alpha value is -4.58. The maximum absolute atomic E-state index is 12.9. The second kappa shape index (κ2) is 17.5. The largest absolute Gasteiger partial charge is 0.388 e. The molecule has 1 aliphatic heterocycles. The van der Waals surface area contributed by atoms with Crippen LogP contribution in [0.5, 0.6) is 0 Å². The van der Waals surface area contributed by atoms with Crippen LogP contribution in [-0.2, 0) is 37.0 Å². The van der Waals surface area contributed by atoms with E-state index >= 15 is 0 Å². The van der Waals surface area contributed by atoms with E-state index in [0.717, 1.165) is 33.4 Å². The number of aliphatic imine (C=N–C) groups is 1. The fourth-order valence-corrected chi connectivity index (χ4v) is 5.66. The molecule has 0 radical (unpaired) electrons. The van der Waals surface area contributed by atoms with Gasteiger partial charge >= 0.3 is 0 Å². The van der Waals surface area contributed by atoms with Crippen LogP contribution in [0.2, 0.25) is 0 Å². The average Bonchev–Trinajstić information content (AvgIpc) is 3.12. The van der Waals surface area contributed by atoms with Gasteiger partial charge in [0.15, 0.2) is 12.2 Å². The maximum Gasteiger partial charge on any atom is 0.220 e. The summed E-state index contributed by atoms with van der Waals surface area (Å²) in [4.78, 5) is 16.9. The number of ether oxygens (including phenoxy) is 4. The third-order valence-electron chi connectivity index (χ3n) is 8.22. The Bertz CT molecular complexity index is 1580. The zero-order valence-electron chi connectivity index (χ0n) is 27.1. The van der Waals surface area contributed by atoms with Crippen molar-refractivity contribution in [1.29, 1.82) is 0 Å². The van der Waals surface area contributed by atoms with Gasteiger partial charge in [-0.1, -0.05) is 109 Å². The van der Waals surface area contributed by atoms with Crippen molar-refractivity contribution in [1.82, 2.24) is 5.32 Å². The normalized spacial score (nSPS) is 20.6. The molecule has 0 saturated carbocycles. The van der Waals surface area contributed by atoms with E-state index in [1.807, 2.05) is 72.8 Å². The Morgan fingerprint density at radius 2 is 1.35 bits per heavy atom. The van der Waals surface area contributed by atoms with E-state index in [0.29, 0.717) is 19.6 Å². The molecule has 0 aliphatic carbocycles. The first-order valence-electron chi connectivity index (χ1n) is 16.1. The number of nitrogens with zero attached hydrogens (tertiary/aromatic N) is 1. The van der Waals surface area contributed by atoms with Crippen molar-refractivity contribution in [2.45, 2.75) is 56.7 Å². The molecule has 1 fully saturated rings. The van der Waals surface area contributed by atoms with Crippen molar-refractivity contribution in [3.8, 4) is 22.3 Å². The lowest BCUT2D eigenvalue weighted by atomic mass is 9.96. The van der Waals surface area contributed by atoms with Gasteiger partial charge in [0.2, 0.25) is 5.91 Å². The van der Waals surface area contributed by atoms with Crippen molar-refractivity contribution in [3.05, 3.63) is 120 Å². The highest BCUT2D eigenvalue weighted by Crippen LogP contribution is 2.27. The van der Waals surface area contributed by atoms with Gasteiger partial charge < -0.3 is 40.8 Å². The van der Waals surface area contributed by atoms with E-state index in [2.05, 4.69) is 46.7 Å². The number of benzene rings is 4. The molecule has 1 aliphatic rings. The molecule has 0 spiro atoms. The minimum atomic E-state index is -1.09. The van der Waals surface area contributed by atoms with Crippen LogP contribution in [0.25, 0.3) is 22.3 Å². The molecule has 1 unspecified atom stereocenters. The number of carbonyl (C=O) groups is 1. The van der Waals surface area contributed by atoms with Crippen molar-refractivity contribution >= 4 is 11.9 Å². The van der Waals surface area contributed by atoms with Crippen LogP contribution in [-0.4, -0.2) is 67.9 Å². The minimum Gasteiger partial charge on any atom is -0.388 e. The van der Waals surface area contributed by atoms with Gasteiger partial charge in [0.1, 0.15) is 24.4 Å². The molecule has 10 nitrogen and oxygen atoms in total. The van der Waals surface area contributed by atoms with E-state index in [1.54, 1.807) is 0 Å². The fraction of sp³-hybridized carbons (Fsp3) is 0.316. The first kappa shape index (κ1) is 34.7. The molecular weight excluding hydrogens is 608 g/mol. The number of hydrogen-bond acceptors (Lipinski definition) is 7. The van der Waals surface area contributed by atoms with Crippen LogP contribution in [0, 0.1) is 0 Å². The molecule has 6 N–H and O–H groups in total. The van der Waals surface area contributed by atoms with Gasteiger partial charge in [0, 0.05) is 20.1 Å². The van der Waals surface area contributed by atoms with Crippen LogP contribution in [0.4, 0.5) is 0 Å². The highest BCUT2D eigenvalue weighted by Gasteiger charge is 2.47. The van der Waals surface area contributed by atoms with E-state index < -0.39 is 30.6 Å². The Morgan fingerprint density at radius 1 is 0.812 bits per heavy atom. The van der Waals surface area contributed by atoms with Crippen LogP contribution in [0.15, 0.2) is 114 Å². The zero-order chi connectivity index (χ0) is 33.7. The molecule has 48 heavy (non-hydrogen) atoms. The number of carbonyl (C=O) groups excluding carboxylic acids is 1. The summed E-state index contributed by atoms with van der Waals surface area (Å²) in [7, 11) is 1.49. The highest BCUT2D eigenvalue weighted by atomic mass is 16.7. The molecule has 10 heteroatoms. The van der Waals surface area contributed by atoms with Gasteiger partial charge in [-0.3, -0.25) is 9.79 Å². The number of aliphatic hydroxyl groups is 1. The third-order valence-corrected chi connectivity index (χ3v) is 8.22. The fourth-order valence-electron chi connectivity index (χ4n) is 5.66. The zero-order valence-corrected chi connectivity index (χ0v) is 27.1. The summed E-state index contributed by atoms with van der Waals surface area (Å²) in [5, 5.41) is 14.3. The number of methoxy groups -OCH3 is 1. The van der Waals surface area contributed by atoms with Gasteiger partial charge in [-0.05, 0) is 39.8 Å². The standard InChI is InChI=1S/C38H44N4O6/c1-45-36-34(42-33(43)13-8-22-41-38(39)40)37(47-24-27-16-20-31(21-17-27)29-11-6-3-7-12-29)48-32(35(36)44)25-46-23-26-14-18-30(19-15-26)28-9-4-2-5-10-28/h2-7,9-12,14-21,32,34-37,44H,8,13,22-25H2,1H3,(H,42,43)(H4,39,40,41)/t32-,34-,35-,36-,37?/m1/s1. The number of nitrogens with two attached hydrogens (primary N) is 2. The predicted molar refractivity (Wildman–Crippen MR) is 186 cm³/mol. The summed E-state index contributed by atoms with van der Waals surface area (Å²) in [5.41, 5.74) is 17.2. The Kier molecular flexibility index (Phi) is 12.7. The lowest BCUT2D eigenvalue weighted by molar-refractivity contribution is -0.279. The highest BCUT2D eigenvalue weighted by molar-refractivity contribution is 5.77. The number of rotatable bonds is 15. The van der Waals surface area contributed by atoms with Crippen molar-refractivity contribution in [2.75, 3.05) is 20.3 Å². The van der Waals surface area contributed by atoms with Gasteiger partial charge in [-0.15, -0.1) is 0 Å². The molecule has 1 amide bonds. The Balaban J connectivity index is 1.23. The van der Waals surface area contributed by atoms with Crippen LogP contribution >= 0.6 is 0 Å². The topological polar surface area (TPSA) is 151 Å². The van der Waals surface area contributed by atoms with Gasteiger partial charge in [0.25, 0.3) is 0 Å². The van der Waals surface area contributed by atoms with Gasteiger partial charge in [-0.2, -0.15) is 0 Å². The molecule has 0 bridgehead atoms. The smallest absolute Gasteiger partial charge is 0.220 e. The molecule has 0 aromatic heterocycles. The van der Waals surface area contributed by atoms with Crippen molar-refractivity contribution in [2.24, 2.45) is 16.5 Å². The van der Waals surface area contributed by atoms with E-state index in [4.69, 9.17) is 30.4 Å². The SMILES string of the molecule is CO[C@H]1[C@H](O)[C@@H](COCc2ccc(-c3ccccc3)cc2)OC(OCc2ccc(-c3ccccc3)cc2)[C@@H]1NC(=O)CCCN=C(N)N. The van der Waals surface area contributed by atoms with Gasteiger partial charge in [0.05, 0.1) is 19.8 Å². The monoisotopic (exact) mass is 652 g/mol. The van der Waals surface area contributed by atoms with Crippen molar-refractivity contribution < 1.29 is 28.8 Å². The number of nitrogens with one attached hydrogen (secondary N) is 1. The molecule has 4 aromatic rings. The Morgan fingerprint density at radius 3 is 1.90 bits per heavy atom. The van der Waals surface area contributed by atoms with Gasteiger partial charge in [-0.25, -0.2) is 0 Å². The van der Waals surface area contributed by atoms with E-state index in [-0.39, 0.29) is 31.5 Å². The summed E-state index contributed by atoms with van der Waals surface area (Å²) >= 11 is 0. The molecule has 252 valence electrons. The number of hydrogen-bond donors (Lipinski definition) is 4. The van der Waals surface area contributed by atoms with E-state index in [9.17, 15) is 9.90 Å². The number of guanidine groups is 1. The Labute approximate surface area is 281 Å². The lowest BCUT2D eigenvalue weighted by Gasteiger charge is -2.44. The second-order valence-corrected chi connectivity index (χ2v) is 11.7. The number of amides is 1. The minimum absolute atomic E-state index is 0.0265. The third kappa shape index (κ3) is 9.72. The molecular formula is C38H44N4O6. The molecule has 5 atom stereocenters. The van der Waals surface area contributed by atoms with Crippen LogP contribution in [0.1, 0.15) is 24.0 Å². The van der Waals surface area contributed by atoms with E-state index in [1.165, 1.54) is 7.11 Å². The summed E-state index contributed by atoms with van der Waals surface area (Å²) in [6, 6.07) is 35.7. The quantitative estimate of drug-likeness (QED) is 0.0839. The summed E-state index contributed by atoms with van der Waals surface area (Å²) in [6.45, 7) is 0.950. The molecule has 5 rings (SSSR count). The summed E-state index contributed by atoms with van der Waals surface area (Å²) in [6.07, 6.45) is -2.98. The van der Waals surface area contributed by atoms with Crippen LogP contribution in [0.3, 0.4) is 0 Å². The molecule has 4 aromatic carbocycles. The number of aliphatic hydroxyl groups excluding tert-OH is 1. The second-order valence-electron chi connectivity index (χ2n) is 11.7. The first-order valence-corrected chi connectivity index (χ1v) is 16.1.